The molecule has 2 N–H and O–H groups in total. The van der Waals surface area contributed by atoms with Crippen molar-refractivity contribution < 1.29 is 14.0 Å². The van der Waals surface area contributed by atoms with Crippen LogP contribution in [0.15, 0.2) is 42.5 Å². The predicted molar refractivity (Wildman–Crippen MR) is 95.2 cm³/mol. The Bertz CT molecular complexity index is 822. The SMILES string of the molecule is Cc1ccc(NC(=O)N[C@@H]2CC(=O)N(c3cccc(F)c3)C2)cc1C. The normalized spacial score (nSPS) is 16.8. The summed E-state index contributed by atoms with van der Waals surface area (Å²) in [6, 6.07) is 10.9. The summed E-state index contributed by atoms with van der Waals surface area (Å²) in [5.74, 6) is -0.531. The van der Waals surface area contributed by atoms with Crippen LogP contribution in [-0.4, -0.2) is 24.5 Å². The van der Waals surface area contributed by atoms with Gasteiger partial charge in [-0.1, -0.05) is 12.1 Å². The highest BCUT2D eigenvalue weighted by Crippen LogP contribution is 2.22. The quantitative estimate of drug-likeness (QED) is 0.899. The maximum Gasteiger partial charge on any atom is 0.319 e. The molecule has 6 heteroatoms. The van der Waals surface area contributed by atoms with E-state index < -0.39 is 5.82 Å². The van der Waals surface area contributed by atoms with Crippen molar-refractivity contribution >= 4 is 23.3 Å². The van der Waals surface area contributed by atoms with E-state index in [2.05, 4.69) is 10.6 Å². The van der Waals surface area contributed by atoms with Gasteiger partial charge >= 0.3 is 6.03 Å². The molecule has 5 nitrogen and oxygen atoms in total. The van der Waals surface area contributed by atoms with Gasteiger partial charge in [0.25, 0.3) is 0 Å². The molecule has 2 aromatic rings. The van der Waals surface area contributed by atoms with Crippen molar-refractivity contribution in [1.29, 1.82) is 0 Å². The zero-order valence-electron chi connectivity index (χ0n) is 14.2. The highest BCUT2D eigenvalue weighted by Gasteiger charge is 2.31. The number of nitrogens with zero attached hydrogens (tertiary/aromatic N) is 1. The van der Waals surface area contributed by atoms with Crippen molar-refractivity contribution in [3.63, 3.8) is 0 Å². The van der Waals surface area contributed by atoms with Crippen molar-refractivity contribution in [1.82, 2.24) is 5.32 Å². The number of anilines is 2. The third kappa shape index (κ3) is 3.96. The van der Waals surface area contributed by atoms with E-state index in [9.17, 15) is 14.0 Å². The molecule has 1 fully saturated rings. The van der Waals surface area contributed by atoms with Gasteiger partial charge < -0.3 is 15.5 Å². The van der Waals surface area contributed by atoms with Gasteiger partial charge in [-0.2, -0.15) is 0 Å². The Kier molecular flexibility index (Phi) is 4.70. The fraction of sp³-hybridized carbons (Fsp3) is 0.263. The van der Waals surface area contributed by atoms with Gasteiger partial charge in [-0.15, -0.1) is 0 Å². The molecule has 130 valence electrons. The summed E-state index contributed by atoms with van der Waals surface area (Å²) in [4.78, 5) is 25.8. The van der Waals surface area contributed by atoms with Gasteiger partial charge in [0.2, 0.25) is 5.91 Å². The van der Waals surface area contributed by atoms with Gasteiger partial charge in [0, 0.05) is 24.3 Å². The Morgan fingerprint density at radius 3 is 2.68 bits per heavy atom. The first-order valence-corrected chi connectivity index (χ1v) is 8.13. The van der Waals surface area contributed by atoms with E-state index >= 15 is 0 Å². The van der Waals surface area contributed by atoms with E-state index in [1.54, 1.807) is 12.1 Å². The van der Waals surface area contributed by atoms with Crippen LogP contribution in [-0.2, 0) is 4.79 Å². The zero-order valence-corrected chi connectivity index (χ0v) is 14.2. The molecule has 1 saturated heterocycles. The first kappa shape index (κ1) is 17.0. The minimum atomic E-state index is -0.394. The van der Waals surface area contributed by atoms with Crippen molar-refractivity contribution in [2.24, 2.45) is 0 Å². The van der Waals surface area contributed by atoms with Gasteiger partial charge in [-0.3, -0.25) is 4.79 Å². The fourth-order valence-corrected chi connectivity index (χ4v) is 2.87. The predicted octanol–water partition coefficient (Wildman–Crippen LogP) is 3.37. The van der Waals surface area contributed by atoms with E-state index in [0.717, 1.165) is 11.1 Å². The number of carbonyl (C=O) groups excluding carboxylic acids is 2. The first-order valence-electron chi connectivity index (χ1n) is 8.13. The molecule has 0 saturated carbocycles. The lowest BCUT2D eigenvalue weighted by Crippen LogP contribution is -2.39. The number of amides is 3. The largest absolute Gasteiger partial charge is 0.333 e. The van der Waals surface area contributed by atoms with Crippen LogP contribution in [0, 0.1) is 19.7 Å². The van der Waals surface area contributed by atoms with Crippen LogP contribution in [0.4, 0.5) is 20.6 Å². The molecule has 1 atom stereocenters. The number of nitrogens with one attached hydrogen (secondary N) is 2. The Morgan fingerprint density at radius 2 is 1.96 bits per heavy atom. The van der Waals surface area contributed by atoms with E-state index in [4.69, 9.17) is 0 Å². The highest BCUT2D eigenvalue weighted by molar-refractivity contribution is 5.97. The molecule has 0 radical (unpaired) electrons. The second kappa shape index (κ2) is 6.93. The topological polar surface area (TPSA) is 61.4 Å². The standard InChI is InChI=1S/C19H20FN3O2/c1-12-6-7-15(8-13(12)2)21-19(25)22-16-10-18(24)23(11-16)17-5-3-4-14(20)9-17/h3-9,16H,10-11H2,1-2H3,(H2,21,22,25)/t16-/m1/s1. The molecule has 0 aromatic heterocycles. The molecule has 0 bridgehead atoms. The number of benzene rings is 2. The Balaban J connectivity index is 1.61. The minimum Gasteiger partial charge on any atom is -0.333 e. The molecule has 1 heterocycles. The van der Waals surface area contributed by atoms with Crippen LogP contribution in [0.1, 0.15) is 17.5 Å². The molecule has 2 aromatic carbocycles. The van der Waals surface area contributed by atoms with Crippen molar-refractivity contribution in [3.8, 4) is 0 Å². The van der Waals surface area contributed by atoms with Crippen LogP contribution in [0.3, 0.4) is 0 Å². The molecular formula is C19H20FN3O2. The van der Waals surface area contributed by atoms with Crippen LogP contribution in [0.25, 0.3) is 0 Å². The van der Waals surface area contributed by atoms with Crippen molar-refractivity contribution in [3.05, 3.63) is 59.4 Å². The summed E-state index contributed by atoms with van der Waals surface area (Å²) in [6.07, 6.45) is 0.191. The van der Waals surface area contributed by atoms with E-state index in [0.29, 0.717) is 17.9 Å². The van der Waals surface area contributed by atoms with Crippen LogP contribution >= 0.6 is 0 Å². The molecule has 0 spiro atoms. The number of halogens is 1. The van der Waals surface area contributed by atoms with Crippen molar-refractivity contribution in [2.75, 3.05) is 16.8 Å². The number of rotatable bonds is 3. The zero-order chi connectivity index (χ0) is 18.0. The monoisotopic (exact) mass is 341 g/mol. The van der Waals surface area contributed by atoms with Gasteiger partial charge in [-0.05, 0) is 55.3 Å². The highest BCUT2D eigenvalue weighted by atomic mass is 19.1. The summed E-state index contributed by atoms with van der Waals surface area (Å²) in [7, 11) is 0. The molecule has 1 aliphatic rings. The fourth-order valence-electron chi connectivity index (χ4n) is 2.87. The second-order valence-corrected chi connectivity index (χ2v) is 6.28. The third-order valence-corrected chi connectivity index (χ3v) is 4.34. The van der Waals surface area contributed by atoms with Gasteiger partial charge in [0.05, 0.1) is 6.04 Å². The lowest BCUT2D eigenvalue weighted by molar-refractivity contribution is -0.117. The number of urea groups is 1. The maximum absolute atomic E-state index is 13.3. The number of carbonyl (C=O) groups is 2. The summed E-state index contributed by atoms with van der Waals surface area (Å²) in [5, 5.41) is 5.58. The van der Waals surface area contributed by atoms with E-state index in [1.807, 2.05) is 32.0 Å². The molecule has 0 unspecified atom stereocenters. The summed E-state index contributed by atoms with van der Waals surface area (Å²) in [6.45, 7) is 4.30. The lowest BCUT2D eigenvalue weighted by Gasteiger charge is -2.17. The van der Waals surface area contributed by atoms with Crippen LogP contribution < -0.4 is 15.5 Å². The Hall–Kier alpha value is -2.89. The summed E-state index contributed by atoms with van der Waals surface area (Å²) in [5.41, 5.74) is 3.44. The Morgan fingerprint density at radius 1 is 1.16 bits per heavy atom. The average molecular weight is 341 g/mol. The van der Waals surface area contributed by atoms with Crippen LogP contribution in [0.2, 0.25) is 0 Å². The van der Waals surface area contributed by atoms with Gasteiger partial charge in [-0.25, -0.2) is 9.18 Å². The molecular weight excluding hydrogens is 321 g/mol. The maximum atomic E-state index is 13.3. The van der Waals surface area contributed by atoms with Gasteiger partial charge in [0.15, 0.2) is 0 Å². The second-order valence-electron chi connectivity index (χ2n) is 6.28. The van der Waals surface area contributed by atoms with Gasteiger partial charge in [0.1, 0.15) is 5.82 Å². The molecule has 25 heavy (non-hydrogen) atoms. The smallest absolute Gasteiger partial charge is 0.319 e. The lowest BCUT2D eigenvalue weighted by atomic mass is 10.1. The Labute approximate surface area is 145 Å². The average Bonchev–Trinajstić information content (AvgIpc) is 2.91. The molecule has 1 aliphatic heterocycles. The molecule has 0 aliphatic carbocycles. The number of hydrogen-bond donors (Lipinski definition) is 2. The van der Waals surface area contributed by atoms with Crippen molar-refractivity contribution in [2.45, 2.75) is 26.3 Å². The van der Waals surface area contributed by atoms with Crippen LogP contribution in [0.5, 0.6) is 0 Å². The van der Waals surface area contributed by atoms with E-state index in [1.165, 1.54) is 17.0 Å². The third-order valence-electron chi connectivity index (χ3n) is 4.34. The number of hydrogen-bond acceptors (Lipinski definition) is 2. The molecule has 3 amide bonds. The summed E-state index contributed by atoms with van der Waals surface area (Å²) < 4.78 is 13.3. The minimum absolute atomic E-state index is 0.137. The summed E-state index contributed by atoms with van der Waals surface area (Å²) >= 11 is 0. The first-order chi connectivity index (χ1) is 11.9. The molecule has 3 rings (SSSR count). The number of aryl methyl sites for hydroxylation is 2. The van der Waals surface area contributed by atoms with E-state index in [-0.39, 0.29) is 24.4 Å².